The number of benzene rings is 1. The Kier molecular flexibility index (Phi) is 6.79. The van der Waals surface area contributed by atoms with Crippen LogP contribution in [0.3, 0.4) is 0 Å². The van der Waals surface area contributed by atoms with E-state index in [2.05, 4.69) is 39.9 Å². The molecular formula is C18H29F2N. The maximum atomic E-state index is 13.3. The van der Waals surface area contributed by atoms with E-state index in [-0.39, 0.29) is 6.04 Å². The molecule has 0 saturated heterocycles. The summed E-state index contributed by atoms with van der Waals surface area (Å²) in [4.78, 5) is 0. The van der Waals surface area contributed by atoms with Gasteiger partial charge in [-0.1, -0.05) is 34.6 Å². The van der Waals surface area contributed by atoms with Gasteiger partial charge in [0.2, 0.25) is 0 Å². The summed E-state index contributed by atoms with van der Waals surface area (Å²) in [6.45, 7) is 11.9. The smallest absolute Gasteiger partial charge is 0.126 e. The molecule has 1 nitrogen and oxygen atoms in total. The Morgan fingerprint density at radius 3 is 2.14 bits per heavy atom. The summed E-state index contributed by atoms with van der Waals surface area (Å²) in [5, 5.41) is 3.44. The van der Waals surface area contributed by atoms with Crippen LogP contribution in [0.15, 0.2) is 18.2 Å². The van der Waals surface area contributed by atoms with E-state index >= 15 is 0 Å². The van der Waals surface area contributed by atoms with Crippen LogP contribution >= 0.6 is 0 Å². The van der Waals surface area contributed by atoms with Crippen molar-refractivity contribution in [3.05, 3.63) is 35.4 Å². The van der Waals surface area contributed by atoms with E-state index in [9.17, 15) is 8.78 Å². The van der Waals surface area contributed by atoms with Gasteiger partial charge in [-0.2, -0.15) is 0 Å². The molecule has 0 heterocycles. The van der Waals surface area contributed by atoms with Crippen molar-refractivity contribution in [3.8, 4) is 0 Å². The quantitative estimate of drug-likeness (QED) is 0.751. The Morgan fingerprint density at radius 1 is 1.10 bits per heavy atom. The molecule has 2 atom stereocenters. The van der Waals surface area contributed by atoms with Crippen molar-refractivity contribution in [2.24, 2.45) is 11.3 Å². The van der Waals surface area contributed by atoms with Crippen molar-refractivity contribution in [2.75, 3.05) is 6.54 Å². The van der Waals surface area contributed by atoms with E-state index < -0.39 is 11.6 Å². The average molecular weight is 297 g/mol. The number of likely N-dealkylation sites (N-methyl/N-ethyl adjacent to an activating group) is 1. The highest BCUT2D eigenvalue weighted by molar-refractivity contribution is 5.19. The van der Waals surface area contributed by atoms with Crippen LogP contribution < -0.4 is 5.32 Å². The van der Waals surface area contributed by atoms with Gasteiger partial charge in [-0.25, -0.2) is 8.78 Å². The lowest BCUT2D eigenvalue weighted by molar-refractivity contribution is 0.275. The monoisotopic (exact) mass is 297 g/mol. The minimum atomic E-state index is -0.497. The maximum Gasteiger partial charge on any atom is 0.126 e. The first kappa shape index (κ1) is 18.1. The van der Waals surface area contributed by atoms with Crippen LogP contribution in [-0.2, 0) is 6.42 Å². The second-order valence-corrected chi connectivity index (χ2v) is 7.34. The Bertz CT molecular complexity index is 417. The number of hydrogen-bond acceptors (Lipinski definition) is 1. The predicted molar refractivity (Wildman–Crippen MR) is 85.4 cm³/mol. The zero-order valence-corrected chi connectivity index (χ0v) is 14.0. The molecule has 0 fully saturated rings. The van der Waals surface area contributed by atoms with Crippen molar-refractivity contribution >= 4 is 0 Å². The minimum Gasteiger partial charge on any atom is -0.314 e. The van der Waals surface area contributed by atoms with Gasteiger partial charge in [-0.15, -0.1) is 0 Å². The van der Waals surface area contributed by atoms with E-state index in [1.165, 1.54) is 12.1 Å². The molecule has 1 aromatic carbocycles. The van der Waals surface area contributed by atoms with E-state index in [1.807, 2.05) is 0 Å². The molecule has 0 amide bonds. The minimum absolute atomic E-state index is 0.258. The topological polar surface area (TPSA) is 12.0 Å². The molecule has 21 heavy (non-hydrogen) atoms. The van der Waals surface area contributed by atoms with Crippen molar-refractivity contribution in [1.29, 1.82) is 0 Å². The molecule has 0 aliphatic rings. The number of halogens is 2. The van der Waals surface area contributed by atoms with Crippen molar-refractivity contribution in [3.63, 3.8) is 0 Å². The van der Waals surface area contributed by atoms with Crippen LogP contribution in [0.1, 0.15) is 53.0 Å². The summed E-state index contributed by atoms with van der Waals surface area (Å²) >= 11 is 0. The Labute approximate surface area is 128 Å². The highest BCUT2D eigenvalue weighted by Crippen LogP contribution is 2.27. The van der Waals surface area contributed by atoms with Gasteiger partial charge < -0.3 is 5.32 Å². The molecule has 0 bridgehead atoms. The van der Waals surface area contributed by atoms with Crippen molar-refractivity contribution in [1.82, 2.24) is 5.32 Å². The number of hydrogen-bond donors (Lipinski definition) is 1. The first-order chi connectivity index (χ1) is 9.69. The molecule has 2 unspecified atom stereocenters. The van der Waals surface area contributed by atoms with Crippen LogP contribution in [0.25, 0.3) is 0 Å². The van der Waals surface area contributed by atoms with Gasteiger partial charge in [0, 0.05) is 12.1 Å². The van der Waals surface area contributed by atoms with Crippen LogP contribution in [0, 0.1) is 23.0 Å². The maximum absolute atomic E-state index is 13.3. The first-order valence-corrected chi connectivity index (χ1v) is 7.88. The summed E-state index contributed by atoms with van der Waals surface area (Å²) in [6, 6.07) is 4.05. The average Bonchev–Trinajstić information content (AvgIpc) is 2.24. The van der Waals surface area contributed by atoms with Gasteiger partial charge in [0.05, 0.1) is 0 Å². The second-order valence-electron chi connectivity index (χ2n) is 7.34. The van der Waals surface area contributed by atoms with Crippen molar-refractivity contribution < 1.29 is 8.78 Å². The molecule has 0 saturated carbocycles. The standard InChI is InChI=1S/C18H29F2N/c1-6-21-17(7-13(2)12-18(3,4)5)10-14-8-15(19)11-16(20)9-14/h8-9,11,13,17,21H,6-7,10,12H2,1-5H3. The SMILES string of the molecule is CCNC(Cc1cc(F)cc(F)c1)CC(C)CC(C)(C)C. The highest BCUT2D eigenvalue weighted by atomic mass is 19.1. The van der Waals surface area contributed by atoms with Crippen molar-refractivity contribution in [2.45, 2.75) is 59.9 Å². The predicted octanol–water partition coefficient (Wildman–Crippen LogP) is 4.95. The highest BCUT2D eigenvalue weighted by Gasteiger charge is 2.19. The van der Waals surface area contributed by atoms with E-state index in [1.54, 1.807) is 0 Å². The summed E-state index contributed by atoms with van der Waals surface area (Å²) < 4.78 is 26.6. The van der Waals surface area contributed by atoms with Gasteiger partial charge in [-0.3, -0.25) is 0 Å². The first-order valence-electron chi connectivity index (χ1n) is 7.88. The van der Waals surface area contributed by atoms with Crippen LogP contribution in [0.4, 0.5) is 8.78 Å². The molecule has 1 rings (SSSR count). The molecular weight excluding hydrogens is 268 g/mol. The summed E-state index contributed by atoms with van der Waals surface area (Å²) in [6.07, 6.45) is 2.83. The lowest BCUT2D eigenvalue weighted by Gasteiger charge is -2.27. The van der Waals surface area contributed by atoms with E-state index in [0.717, 1.165) is 31.0 Å². The van der Waals surface area contributed by atoms with Gasteiger partial charge in [0.1, 0.15) is 11.6 Å². The molecule has 0 spiro atoms. The molecule has 0 aromatic heterocycles. The second kappa shape index (κ2) is 7.88. The summed E-state index contributed by atoms with van der Waals surface area (Å²) in [5.74, 6) is -0.418. The Balaban J connectivity index is 2.68. The molecule has 120 valence electrons. The summed E-state index contributed by atoms with van der Waals surface area (Å²) in [7, 11) is 0. The molecule has 1 aromatic rings. The van der Waals surface area contributed by atoms with Crippen LogP contribution in [-0.4, -0.2) is 12.6 Å². The molecule has 0 aliphatic heterocycles. The molecule has 0 radical (unpaired) electrons. The zero-order chi connectivity index (χ0) is 16.0. The Morgan fingerprint density at radius 2 is 1.67 bits per heavy atom. The fraction of sp³-hybridized carbons (Fsp3) is 0.667. The lowest BCUT2D eigenvalue weighted by atomic mass is 9.82. The zero-order valence-electron chi connectivity index (χ0n) is 14.0. The van der Waals surface area contributed by atoms with Crippen LogP contribution in [0.2, 0.25) is 0 Å². The molecule has 1 N–H and O–H groups in total. The Hall–Kier alpha value is -0.960. The normalized spacial score (nSPS) is 15.0. The molecule has 0 aliphatic carbocycles. The summed E-state index contributed by atoms with van der Waals surface area (Å²) in [5.41, 5.74) is 1.03. The van der Waals surface area contributed by atoms with Crippen LogP contribution in [0.5, 0.6) is 0 Å². The van der Waals surface area contributed by atoms with Gasteiger partial charge in [0.25, 0.3) is 0 Å². The lowest BCUT2D eigenvalue weighted by Crippen LogP contribution is -2.33. The fourth-order valence-corrected chi connectivity index (χ4v) is 3.16. The van der Waals surface area contributed by atoms with E-state index in [0.29, 0.717) is 17.8 Å². The third-order valence-electron chi connectivity index (χ3n) is 3.54. The van der Waals surface area contributed by atoms with Gasteiger partial charge >= 0.3 is 0 Å². The molecule has 3 heteroatoms. The number of nitrogens with one attached hydrogen (secondary N) is 1. The van der Waals surface area contributed by atoms with Gasteiger partial charge in [0.15, 0.2) is 0 Å². The number of rotatable bonds is 7. The largest absolute Gasteiger partial charge is 0.314 e. The third kappa shape index (κ3) is 7.56. The van der Waals surface area contributed by atoms with E-state index in [4.69, 9.17) is 0 Å². The fourth-order valence-electron chi connectivity index (χ4n) is 3.16. The third-order valence-corrected chi connectivity index (χ3v) is 3.54. The van der Waals surface area contributed by atoms with Gasteiger partial charge in [-0.05, 0) is 54.8 Å².